The molecule has 3 aromatic rings. The number of amides is 1. The van der Waals surface area contributed by atoms with Crippen molar-refractivity contribution < 1.29 is 23.0 Å². The molecule has 0 unspecified atom stereocenters. The number of alkyl halides is 1. The molecular formula is C19H18F2N6O3. The van der Waals surface area contributed by atoms with Gasteiger partial charge < -0.3 is 19.7 Å². The Labute approximate surface area is 169 Å². The molecule has 2 bridgehead atoms. The Balaban J connectivity index is 1.70. The maximum atomic E-state index is 14.4. The summed E-state index contributed by atoms with van der Waals surface area (Å²) >= 11 is 0. The lowest BCUT2D eigenvalue weighted by molar-refractivity contribution is 0.0932. The van der Waals surface area contributed by atoms with Crippen LogP contribution < -0.4 is 19.7 Å². The van der Waals surface area contributed by atoms with E-state index in [1.54, 1.807) is 18.0 Å². The van der Waals surface area contributed by atoms with Gasteiger partial charge in [-0.15, -0.1) is 0 Å². The molecule has 0 saturated carbocycles. The maximum absolute atomic E-state index is 14.4. The molecule has 2 aliphatic rings. The van der Waals surface area contributed by atoms with E-state index in [0.717, 1.165) is 6.20 Å². The van der Waals surface area contributed by atoms with Gasteiger partial charge in [-0.2, -0.15) is 5.10 Å². The van der Waals surface area contributed by atoms with Crippen LogP contribution >= 0.6 is 0 Å². The standard InChI is InChI=1S/C19H18F2N6O3/c1-10-3-22-18(28)14-5-24-27-8-15-17(25-16(14)27)26(7-13(21)9-29-15)6-11-2-12(20)4-23-19(11)30-10/h2,4-5,8,10,13H,3,6-7,9H2,1H3,(H,22,28)/t10-,13+/m0/s1. The van der Waals surface area contributed by atoms with E-state index < -0.39 is 18.1 Å². The Kier molecular flexibility index (Phi) is 4.37. The molecule has 3 aromatic heterocycles. The fourth-order valence-electron chi connectivity index (χ4n) is 3.53. The summed E-state index contributed by atoms with van der Waals surface area (Å²) in [6, 6.07) is 1.30. The van der Waals surface area contributed by atoms with Crippen molar-refractivity contribution in [3.8, 4) is 11.6 Å². The molecule has 11 heteroatoms. The Morgan fingerprint density at radius 1 is 1.33 bits per heavy atom. The van der Waals surface area contributed by atoms with Gasteiger partial charge >= 0.3 is 0 Å². The van der Waals surface area contributed by atoms with E-state index in [0.29, 0.717) is 22.8 Å². The smallest absolute Gasteiger partial charge is 0.256 e. The van der Waals surface area contributed by atoms with Gasteiger partial charge in [0.15, 0.2) is 23.4 Å². The molecular weight excluding hydrogens is 398 g/mol. The van der Waals surface area contributed by atoms with E-state index in [9.17, 15) is 13.6 Å². The molecule has 30 heavy (non-hydrogen) atoms. The van der Waals surface area contributed by atoms with Crippen LogP contribution in [-0.2, 0) is 6.54 Å². The van der Waals surface area contributed by atoms with Gasteiger partial charge in [0.25, 0.3) is 5.91 Å². The molecule has 0 saturated heterocycles. The van der Waals surface area contributed by atoms with Crippen molar-refractivity contribution in [3.63, 3.8) is 0 Å². The fraction of sp³-hybridized carbons (Fsp3) is 0.368. The summed E-state index contributed by atoms with van der Waals surface area (Å²) in [5.41, 5.74) is 1.01. The third-order valence-corrected chi connectivity index (χ3v) is 4.94. The van der Waals surface area contributed by atoms with Gasteiger partial charge in [-0.25, -0.2) is 23.3 Å². The number of hydrogen-bond donors (Lipinski definition) is 1. The Morgan fingerprint density at radius 3 is 3.07 bits per heavy atom. The lowest BCUT2D eigenvalue weighted by atomic mass is 10.2. The second-order valence-electron chi connectivity index (χ2n) is 7.30. The fourth-order valence-corrected chi connectivity index (χ4v) is 3.53. The number of hydrogen-bond acceptors (Lipinski definition) is 7. The Hall–Kier alpha value is -3.50. The van der Waals surface area contributed by atoms with Crippen LogP contribution in [-0.4, -0.2) is 57.5 Å². The zero-order chi connectivity index (χ0) is 20.8. The first-order chi connectivity index (χ1) is 14.5. The number of anilines is 1. The topological polar surface area (TPSA) is 93.9 Å². The Bertz CT molecular complexity index is 1140. The van der Waals surface area contributed by atoms with E-state index in [1.165, 1.54) is 16.8 Å². The minimum Gasteiger partial charge on any atom is -0.485 e. The molecule has 5 heterocycles. The van der Waals surface area contributed by atoms with Crippen LogP contribution in [0.25, 0.3) is 5.65 Å². The average molecular weight is 416 g/mol. The average Bonchev–Trinajstić information content (AvgIpc) is 3.06. The number of nitrogens with zero attached hydrogens (tertiary/aromatic N) is 5. The number of aromatic nitrogens is 4. The molecule has 0 spiro atoms. The summed E-state index contributed by atoms with van der Waals surface area (Å²) in [4.78, 5) is 22.9. The van der Waals surface area contributed by atoms with Crippen molar-refractivity contribution in [2.24, 2.45) is 0 Å². The summed E-state index contributed by atoms with van der Waals surface area (Å²) in [5, 5.41) is 6.94. The molecule has 0 fully saturated rings. The largest absolute Gasteiger partial charge is 0.485 e. The number of halogens is 2. The van der Waals surface area contributed by atoms with E-state index in [1.807, 2.05) is 0 Å². The third kappa shape index (κ3) is 3.25. The van der Waals surface area contributed by atoms with Crippen molar-refractivity contribution in [1.82, 2.24) is 24.9 Å². The van der Waals surface area contributed by atoms with E-state index >= 15 is 0 Å². The number of fused-ring (bicyclic) bond motifs is 1. The molecule has 9 nitrogen and oxygen atoms in total. The lowest BCUT2D eigenvalue weighted by Gasteiger charge is -2.24. The zero-order valence-electron chi connectivity index (χ0n) is 16.0. The van der Waals surface area contributed by atoms with Crippen molar-refractivity contribution in [3.05, 3.63) is 41.6 Å². The normalized spacial score (nSPS) is 21.4. The molecule has 156 valence electrons. The first-order valence-corrected chi connectivity index (χ1v) is 9.47. The molecule has 2 atom stereocenters. The van der Waals surface area contributed by atoms with Gasteiger partial charge in [0.05, 0.1) is 38.2 Å². The summed E-state index contributed by atoms with van der Waals surface area (Å²) < 4.78 is 41.2. The van der Waals surface area contributed by atoms with Crippen LogP contribution in [0.3, 0.4) is 0 Å². The second-order valence-corrected chi connectivity index (χ2v) is 7.30. The SMILES string of the molecule is C[C@H]1CNC(=O)c2cnn3cc4c(nc23)N(Cc2cc(F)cnc2O1)C[C@@H](F)CO4. The van der Waals surface area contributed by atoms with Gasteiger partial charge in [0.1, 0.15) is 24.1 Å². The number of pyridine rings is 1. The van der Waals surface area contributed by atoms with Crippen LogP contribution in [0.4, 0.5) is 14.6 Å². The van der Waals surface area contributed by atoms with Gasteiger partial charge in [0, 0.05) is 5.56 Å². The quantitative estimate of drug-likeness (QED) is 0.594. The maximum Gasteiger partial charge on any atom is 0.256 e. The molecule has 5 rings (SSSR count). The van der Waals surface area contributed by atoms with Crippen LogP contribution in [0.1, 0.15) is 22.8 Å². The number of carbonyl (C=O) groups is 1. The van der Waals surface area contributed by atoms with Crippen molar-refractivity contribution >= 4 is 17.4 Å². The zero-order valence-corrected chi connectivity index (χ0v) is 16.0. The third-order valence-electron chi connectivity index (χ3n) is 4.94. The minimum absolute atomic E-state index is 0.0304. The summed E-state index contributed by atoms with van der Waals surface area (Å²) in [5.74, 6) is -0.0489. The molecule has 0 radical (unpaired) electrons. The molecule has 0 aliphatic carbocycles. The highest BCUT2D eigenvalue weighted by molar-refractivity contribution is 5.99. The molecule has 1 N–H and O–H groups in total. The molecule has 2 aliphatic heterocycles. The van der Waals surface area contributed by atoms with Crippen LogP contribution in [0.15, 0.2) is 24.7 Å². The summed E-state index contributed by atoms with van der Waals surface area (Å²) in [6.07, 6.45) is 2.29. The van der Waals surface area contributed by atoms with Crippen molar-refractivity contribution in [2.75, 3.05) is 24.6 Å². The highest BCUT2D eigenvalue weighted by Gasteiger charge is 2.28. The van der Waals surface area contributed by atoms with Gasteiger partial charge in [-0.1, -0.05) is 0 Å². The number of carbonyl (C=O) groups excluding carboxylic acids is 1. The predicted molar refractivity (Wildman–Crippen MR) is 101 cm³/mol. The second kappa shape index (κ2) is 7.08. The first kappa shape index (κ1) is 18.5. The minimum atomic E-state index is -1.30. The highest BCUT2D eigenvalue weighted by atomic mass is 19.1. The number of rotatable bonds is 0. The Morgan fingerprint density at radius 2 is 2.20 bits per heavy atom. The van der Waals surface area contributed by atoms with Crippen LogP contribution in [0, 0.1) is 5.82 Å². The predicted octanol–water partition coefficient (Wildman–Crippen LogP) is 1.51. The highest BCUT2D eigenvalue weighted by Crippen LogP contribution is 2.33. The van der Waals surface area contributed by atoms with Crippen LogP contribution in [0.5, 0.6) is 11.6 Å². The lowest BCUT2D eigenvalue weighted by Crippen LogP contribution is -2.34. The molecule has 0 aromatic carbocycles. The molecule has 1 amide bonds. The van der Waals surface area contributed by atoms with Gasteiger partial charge in [-0.3, -0.25) is 4.79 Å². The van der Waals surface area contributed by atoms with E-state index in [2.05, 4.69) is 20.4 Å². The van der Waals surface area contributed by atoms with Crippen LogP contribution in [0.2, 0.25) is 0 Å². The summed E-state index contributed by atoms with van der Waals surface area (Å²) in [6.45, 7) is 1.86. The van der Waals surface area contributed by atoms with Crippen molar-refractivity contribution in [2.45, 2.75) is 25.7 Å². The van der Waals surface area contributed by atoms with Gasteiger partial charge in [0.2, 0.25) is 5.88 Å². The number of ether oxygens (including phenoxy) is 2. The van der Waals surface area contributed by atoms with Gasteiger partial charge in [-0.05, 0) is 13.0 Å². The monoisotopic (exact) mass is 416 g/mol. The first-order valence-electron chi connectivity index (χ1n) is 9.47. The summed E-state index contributed by atoms with van der Waals surface area (Å²) in [7, 11) is 0. The van der Waals surface area contributed by atoms with E-state index in [4.69, 9.17) is 9.47 Å². The number of nitrogens with one attached hydrogen (secondary N) is 1. The van der Waals surface area contributed by atoms with Crippen molar-refractivity contribution in [1.29, 1.82) is 0 Å². The van der Waals surface area contributed by atoms with E-state index in [-0.39, 0.29) is 43.6 Å².